The van der Waals surface area contributed by atoms with Gasteiger partial charge in [0, 0.05) is 23.6 Å². The van der Waals surface area contributed by atoms with Gasteiger partial charge in [-0.1, -0.05) is 42.5 Å². The summed E-state index contributed by atoms with van der Waals surface area (Å²) in [7, 11) is 0. The minimum atomic E-state index is 0.219. The van der Waals surface area contributed by atoms with Crippen LogP contribution in [0.4, 0.5) is 0 Å². The van der Waals surface area contributed by atoms with Gasteiger partial charge in [-0.25, -0.2) is 0 Å². The molecule has 3 rings (SSSR count). The zero-order valence-electron chi connectivity index (χ0n) is 12.2. The third-order valence-corrected chi connectivity index (χ3v) is 4.10. The average Bonchev–Trinajstić information content (AvgIpc) is 2.95. The molecule has 0 amide bonds. The first kappa shape index (κ1) is 14.6. The van der Waals surface area contributed by atoms with Crippen molar-refractivity contribution in [2.24, 2.45) is 0 Å². The monoisotopic (exact) mass is 310 g/mol. The van der Waals surface area contributed by atoms with E-state index in [1.165, 1.54) is 16.5 Å². The van der Waals surface area contributed by atoms with Crippen LogP contribution in [0.3, 0.4) is 0 Å². The highest BCUT2D eigenvalue weighted by Crippen LogP contribution is 2.19. The third kappa shape index (κ3) is 3.12. The van der Waals surface area contributed by atoms with Crippen molar-refractivity contribution in [3.63, 3.8) is 0 Å². The number of phenolic OH excluding ortho intramolecular Hbond substituents is 1. The standard InChI is InChI=1S/C18H18N2OS/c21-17-10-4-2-8-15(17)18(22)19-11-5-6-13-12-20-16-9-3-1-7-14(13)16/h1-4,7-10,12,20-21H,5-6,11H2,(H,19,22). The molecule has 3 aromatic rings. The topological polar surface area (TPSA) is 48.0 Å². The number of benzene rings is 2. The molecule has 0 atom stereocenters. The quantitative estimate of drug-likeness (QED) is 0.496. The van der Waals surface area contributed by atoms with Gasteiger partial charge in [-0.15, -0.1) is 0 Å². The molecule has 22 heavy (non-hydrogen) atoms. The molecule has 0 aliphatic heterocycles. The smallest absolute Gasteiger partial charge is 0.125 e. The Morgan fingerprint density at radius 3 is 2.73 bits per heavy atom. The molecule has 0 saturated heterocycles. The zero-order valence-corrected chi connectivity index (χ0v) is 13.0. The zero-order chi connectivity index (χ0) is 15.4. The number of aromatic nitrogens is 1. The van der Waals surface area contributed by atoms with Crippen LogP contribution in [-0.4, -0.2) is 21.6 Å². The van der Waals surface area contributed by atoms with E-state index in [-0.39, 0.29) is 5.75 Å². The summed E-state index contributed by atoms with van der Waals surface area (Å²) in [4.78, 5) is 3.89. The van der Waals surface area contributed by atoms with E-state index in [2.05, 4.69) is 34.7 Å². The molecule has 112 valence electrons. The summed E-state index contributed by atoms with van der Waals surface area (Å²) in [6, 6.07) is 15.5. The number of aromatic amines is 1. The molecule has 4 heteroatoms. The molecule has 3 nitrogen and oxygen atoms in total. The summed E-state index contributed by atoms with van der Waals surface area (Å²) in [5.74, 6) is 0.219. The van der Waals surface area contributed by atoms with E-state index in [1.54, 1.807) is 12.1 Å². The van der Waals surface area contributed by atoms with E-state index < -0.39 is 0 Å². The minimum Gasteiger partial charge on any atom is -0.507 e. The van der Waals surface area contributed by atoms with Gasteiger partial charge in [0.25, 0.3) is 0 Å². The lowest BCUT2D eigenvalue weighted by molar-refractivity contribution is 0.474. The third-order valence-electron chi connectivity index (χ3n) is 3.73. The number of aromatic hydroxyl groups is 1. The summed E-state index contributed by atoms with van der Waals surface area (Å²) in [5.41, 5.74) is 3.19. The van der Waals surface area contributed by atoms with Gasteiger partial charge in [-0.3, -0.25) is 0 Å². The minimum absolute atomic E-state index is 0.219. The van der Waals surface area contributed by atoms with Crippen molar-refractivity contribution in [1.82, 2.24) is 10.3 Å². The Labute approximate surface area is 135 Å². The van der Waals surface area contributed by atoms with E-state index in [9.17, 15) is 5.11 Å². The maximum absolute atomic E-state index is 9.77. The van der Waals surface area contributed by atoms with Crippen molar-refractivity contribution in [3.8, 4) is 5.75 Å². The van der Waals surface area contributed by atoms with E-state index in [0.717, 1.165) is 19.4 Å². The van der Waals surface area contributed by atoms with E-state index >= 15 is 0 Å². The molecule has 3 N–H and O–H groups in total. The molecule has 0 fully saturated rings. The highest BCUT2D eigenvalue weighted by molar-refractivity contribution is 7.80. The molecule has 0 aliphatic rings. The van der Waals surface area contributed by atoms with Crippen molar-refractivity contribution in [1.29, 1.82) is 0 Å². The van der Waals surface area contributed by atoms with Gasteiger partial charge in [0.05, 0.1) is 5.56 Å². The molecule has 0 bridgehead atoms. The van der Waals surface area contributed by atoms with Crippen LogP contribution in [0.2, 0.25) is 0 Å². The predicted octanol–water partition coefficient (Wildman–Crippen LogP) is 3.77. The molecule has 0 radical (unpaired) electrons. The summed E-state index contributed by atoms with van der Waals surface area (Å²) >= 11 is 5.32. The van der Waals surface area contributed by atoms with Gasteiger partial charge in [-0.2, -0.15) is 0 Å². The van der Waals surface area contributed by atoms with Gasteiger partial charge in [0.15, 0.2) is 0 Å². The second kappa shape index (κ2) is 6.62. The summed E-state index contributed by atoms with van der Waals surface area (Å²) < 4.78 is 0. The van der Waals surface area contributed by atoms with Gasteiger partial charge < -0.3 is 15.4 Å². The van der Waals surface area contributed by atoms with E-state index in [4.69, 9.17) is 12.2 Å². The molecule has 0 saturated carbocycles. The number of para-hydroxylation sites is 2. The summed E-state index contributed by atoms with van der Waals surface area (Å²) in [6.07, 6.45) is 4.04. The van der Waals surface area contributed by atoms with Crippen LogP contribution in [-0.2, 0) is 6.42 Å². The molecule has 2 aromatic carbocycles. The van der Waals surface area contributed by atoms with Crippen molar-refractivity contribution in [3.05, 3.63) is 65.9 Å². The number of nitrogens with one attached hydrogen (secondary N) is 2. The number of H-pyrrole nitrogens is 1. The first-order valence-electron chi connectivity index (χ1n) is 7.37. The fourth-order valence-electron chi connectivity index (χ4n) is 2.58. The number of phenols is 1. The van der Waals surface area contributed by atoms with Crippen LogP contribution in [0.15, 0.2) is 54.7 Å². The molecular weight excluding hydrogens is 292 g/mol. The Morgan fingerprint density at radius 2 is 1.86 bits per heavy atom. The predicted molar refractivity (Wildman–Crippen MR) is 94.4 cm³/mol. The number of thiocarbonyl (C=S) groups is 1. The molecule has 1 aromatic heterocycles. The van der Waals surface area contributed by atoms with Crippen molar-refractivity contribution < 1.29 is 5.11 Å². The Kier molecular flexibility index (Phi) is 4.39. The molecule has 0 aliphatic carbocycles. The van der Waals surface area contributed by atoms with Gasteiger partial charge in [-0.05, 0) is 36.6 Å². The van der Waals surface area contributed by atoms with E-state index in [1.807, 2.05) is 18.2 Å². The molecule has 1 heterocycles. The van der Waals surface area contributed by atoms with Gasteiger partial charge in [0.2, 0.25) is 0 Å². The van der Waals surface area contributed by atoms with Gasteiger partial charge in [0.1, 0.15) is 10.7 Å². The van der Waals surface area contributed by atoms with Crippen molar-refractivity contribution in [2.45, 2.75) is 12.8 Å². The van der Waals surface area contributed by atoms with E-state index in [0.29, 0.717) is 10.6 Å². The molecular formula is C18H18N2OS. The number of fused-ring (bicyclic) bond motifs is 1. The number of rotatable bonds is 5. The highest BCUT2D eigenvalue weighted by atomic mass is 32.1. The SMILES string of the molecule is Oc1ccccc1C(=S)NCCCc1c[nH]c2ccccc12. The summed E-state index contributed by atoms with van der Waals surface area (Å²) in [5, 5.41) is 14.3. The lowest BCUT2D eigenvalue weighted by atomic mass is 10.1. The first-order valence-corrected chi connectivity index (χ1v) is 7.78. The van der Waals surface area contributed by atoms with Gasteiger partial charge >= 0.3 is 0 Å². The number of hydrogen-bond acceptors (Lipinski definition) is 2. The fourth-order valence-corrected chi connectivity index (χ4v) is 2.85. The maximum Gasteiger partial charge on any atom is 0.125 e. The largest absolute Gasteiger partial charge is 0.507 e. The second-order valence-corrected chi connectivity index (χ2v) is 5.64. The lowest BCUT2D eigenvalue weighted by Gasteiger charge is -2.09. The highest BCUT2D eigenvalue weighted by Gasteiger charge is 2.06. The fraction of sp³-hybridized carbons (Fsp3) is 0.167. The Morgan fingerprint density at radius 1 is 1.09 bits per heavy atom. The normalized spacial score (nSPS) is 10.7. The van der Waals surface area contributed by atoms with Crippen LogP contribution < -0.4 is 5.32 Å². The Bertz CT molecular complexity index is 794. The van der Waals surface area contributed by atoms with Crippen molar-refractivity contribution in [2.75, 3.05) is 6.54 Å². The first-order chi connectivity index (χ1) is 10.8. The van der Waals surface area contributed by atoms with Crippen LogP contribution in [0.1, 0.15) is 17.5 Å². The summed E-state index contributed by atoms with van der Waals surface area (Å²) in [6.45, 7) is 0.784. The van der Waals surface area contributed by atoms with Crippen LogP contribution in [0, 0.1) is 0 Å². The maximum atomic E-state index is 9.77. The van der Waals surface area contributed by atoms with Crippen LogP contribution in [0.5, 0.6) is 5.75 Å². The average molecular weight is 310 g/mol. The molecule has 0 unspecified atom stereocenters. The Hall–Kier alpha value is -2.33. The number of aryl methyl sites for hydroxylation is 1. The Balaban J connectivity index is 1.54. The van der Waals surface area contributed by atoms with Crippen LogP contribution in [0.25, 0.3) is 10.9 Å². The van der Waals surface area contributed by atoms with Crippen molar-refractivity contribution >= 4 is 28.1 Å². The molecule has 0 spiro atoms. The second-order valence-electron chi connectivity index (χ2n) is 5.24. The lowest BCUT2D eigenvalue weighted by Crippen LogP contribution is -2.23. The van der Waals surface area contributed by atoms with Crippen LogP contribution >= 0.6 is 12.2 Å². The number of hydrogen-bond donors (Lipinski definition) is 3.